The number of hydrogen-bond acceptors (Lipinski definition) is 2. The molecule has 2 aliphatic rings. The third-order valence-electron chi connectivity index (χ3n) is 4.46. The molecule has 4 atom stereocenters. The summed E-state index contributed by atoms with van der Waals surface area (Å²) in [5.41, 5.74) is 0. The molecule has 2 fully saturated rings. The first-order valence-electron chi connectivity index (χ1n) is 7.54. The Morgan fingerprint density at radius 1 is 1.33 bits per heavy atom. The average Bonchev–Trinajstić information content (AvgIpc) is 2.78. The summed E-state index contributed by atoms with van der Waals surface area (Å²) in [7, 11) is 0. The van der Waals surface area contributed by atoms with E-state index in [-0.39, 0.29) is 12.2 Å². The molecule has 1 saturated carbocycles. The van der Waals surface area contributed by atoms with E-state index < -0.39 is 0 Å². The van der Waals surface area contributed by atoms with Crippen molar-refractivity contribution in [1.82, 2.24) is 10.2 Å². The van der Waals surface area contributed by atoms with Gasteiger partial charge in [-0.2, -0.15) is 0 Å². The van der Waals surface area contributed by atoms with Crippen molar-refractivity contribution in [1.29, 1.82) is 0 Å². The third kappa shape index (κ3) is 3.05. The van der Waals surface area contributed by atoms with Crippen molar-refractivity contribution in [2.24, 2.45) is 17.8 Å². The molecule has 0 bridgehead atoms. The van der Waals surface area contributed by atoms with Crippen molar-refractivity contribution in [2.75, 3.05) is 6.54 Å². The summed E-state index contributed by atoms with van der Waals surface area (Å²) < 4.78 is 0. The van der Waals surface area contributed by atoms with Crippen LogP contribution >= 0.6 is 0 Å². The van der Waals surface area contributed by atoms with Crippen LogP contribution in [0.2, 0.25) is 0 Å². The van der Waals surface area contributed by atoms with Crippen molar-refractivity contribution in [2.45, 2.75) is 65.6 Å². The van der Waals surface area contributed by atoms with Crippen molar-refractivity contribution in [3.05, 3.63) is 0 Å². The first-order valence-corrected chi connectivity index (χ1v) is 7.54. The minimum Gasteiger partial charge on any atom is -0.326 e. The normalized spacial score (nSPS) is 36.9. The van der Waals surface area contributed by atoms with Crippen LogP contribution in [0.4, 0.5) is 0 Å². The summed E-state index contributed by atoms with van der Waals surface area (Å²) in [6.07, 6.45) is 5.11. The Kier molecular flexibility index (Phi) is 4.31. The van der Waals surface area contributed by atoms with Crippen LogP contribution < -0.4 is 5.32 Å². The monoisotopic (exact) mass is 252 g/mol. The van der Waals surface area contributed by atoms with Gasteiger partial charge < -0.3 is 4.90 Å². The van der Waals surface area contributed by atoms with Crippen molar-refractivity contribution < 1.29 is 4.79 Å². The van der Waals surface area contributed by atoms with Crippen molar-refractivity contribution in [3.8, 4) is 0 Å². The Morgan fingerprint density at radius 3 is 2.61 bits per heavy atom. The zero-order valence-corrected chi connectivity index (χ0v) is 12.3. The van der Waals surface area contributed by atoms with Gasteiger partial charge in [-0.1, -0.05) is 27.2 Å². The van der Waals surface area contributed by atoms with Crippen LogP contribution in [0, 0.1) is 17.8 Å². The number of nitrogens with one attached hydrogen (secondary N) is 1. The van der Waals surface area contributed by atoms with E-state index in [1.54, 1.807) is 0 Å². The van der Waals surface area contributed by atoms with Crippen LogP contribution in [0.25, 0.3) is 0 Å². The molecule has 0 aromatic heterocycles. The molecule has 1 aliphatic carbocycles. The summed E-state index contributed by atoms with van der Waals surface area (Å²) in [6.45, 7) is 9.78. The first kappa shape index (κ1) is 13.9. The van der Waals surface area contributed by atoms with Crippen LogP contribution in [0.15, 0.2) is 0 Å². The largest absolute Gasteiger partial charge is 0.326 e. The zero-order valence-electron chi connectivity index (χ0n) is 12.3. The van der Waals surface area contributed by atoms with Gasteiger partial charge in [0, 0.05) is 6.54 Å². The Bertz CT molecular complexity index is 303. The minimum absolute atomic E-state index is 0.0545. The molecule has 104 valence electrons. The van der Waals surface area contributed by atoms with E-state index in [2.05, 4.69) is 37.9 Å². The van der Waals surface area contributed by atoms with Gasteiger partial charge in [0.2, 0.25) is 5.91 Å². The van der Waals surface area contributed by atoms with Gasteiger partial charge in [0.25, 0.3) is 0 Å². The summed E-state index contributed by atoms with van der Waals surface area (Å²) in [6, 6.07) is 0.0545. The molecule has 1 N–H and O–H groups in total. The van der Waals surface area contributed by atoms with Gasteiger partial charge in [-0.15, -0.1) is 0 Å². The molecule has 1 heterocycles. The molecule has 0 radical (unpaired) electrons. The average molecular weight is 252 g/mol. The lowest BCUT2D eigenvalue weighted by Crippen LogP contribution is -2.38. The lowest BCUT2D eigenvalue weighted by molar-refractivity contribution is -0.130. The van der Waals surface area contributed by atoms with E-state index >= 15 is 0 Å². The number of hydrogen-bond donors (Lipinski definition) is 1. The summed E-state index contributed by atoms with van der Waals surface area (Å²) >= 11 is 0. The van der Waals surface area contributed by atoms with Crippen LogP contribution in [0.1, 0.15) is 53.4 Å². The highest BCUT2D eigenvalue weighted by Crippen LogP contribution is 2.32. The maximum atomic E-state index is 12.4. The molecule has 1 aliphatic heterocycles. The molecular weight excluding hydrogens is 224 g/mol. The van der Waals surface area contributed by atoms with E-state index in [0.29, 0.717) is 11.8 Å². The van der Waals surface area contributed by atoms with Crippen molar-refractivity contribution >= 4 is 5.91 Å². The second-order valence-electron chi connectivity index (χ2n) is 6.80. The molecule has 18 heavy (non-hydrogen) atoms. The standard InChI is InChI=1S/C15H28N2O/c1-10(2)7-14-15(18)17(12(4)16-14)9-13-6-5-11(3)8-13/h10-14,16H,5-9H2,1-4H3. The fourth-order valence-corrected chi connectivity index (χ4v) is 3.50. The van der Waals surface area contributed by atoms with E-state index in [1.807, 2.05) is 0 Å². The van der Waals surface area contributed by atoms with Gasteiger partial charge in [0.15, 0.2) is 0 Å². The maximum Gasteiger partial charge on any atom is 0.241 e. The zero-order chi connectivity index (χ0) is 13.3. The Labute approximate surface area is 111 Å². The van der Waals surface area contributed by atoms with Gasteiger partial charge in [-0.05, 0) is 43.9 Å². The van der Waals surface area contributed by atoms with E-state index in [1.165, 1.54) is 19.3 Å². The fraction of sp³-hybridized carbons (Fsp3) is 0.933. The Balaban J connectivity index is 1.90. The maximum absolute atomic E-state index is 12.4. The molecule has 3 nitrogen and oxygen atoms in total. The topological polar surface area (TPSA) is 32.3 Å². The number of amides is 1. The molecule has 4 unspecified atom stereocenters. The molecule has 0 spiro atoms. The van der Waals surface area contributed by atoms with Gasteiger partial charge in [-0.3, -0.25) is 10.1 Å². The minimum atomic E-state index is 0.0545. The molecule has 1 saturated heterocycles. The third-order valence-corrected chi connectivity index (χ3v) is 4.46. The Morgan fingerprint density at radius 2 is 2.06 bits per heavy atom. The molecule has 0 aromatic carbocycles. The second kappa shape index (κ2) is 5.60. The van der Waals surface area contributed by atoms with Gasteiger partial charge >= 0.3 is 0 Å². The molecular formula is C15H28N2O. The molecule has 3 heteroatoms. The lowest BCUT2D eigenvalue weighted by Gasteiger charge is -2.24. The van der Waals surface area contributed by atoms with Gasteiger partial charge in [0.1, 0.15) is 0 Å². The number of carbonyl (C=O) groups is 1. The van der Waals surface area contributed by atoms with Crippen LogP contribution in [-0.2, 0) is 4.79 Å². The van der Waals surface area contributed by atoms with Crippen molar-refractivity contribution in [3.63, 3.8) is 0 Å². The second-order valence-corrected chi connectivity index (χ2v) is 6.80. The number of nitrogens with zero attached hydrogens (tertiary/aromatic N) is 1. The lowest BCUT2D eigenvalue weighted by atomic mass is 10.0. The number of carbonyl (C=O) groups excluding carboxylic acids is 1. The highest BCUT2D eigenvalue weighted by atomic mass is 16.2. The Hall–Kier alpha value is -0.570. The number of rotatable bonds is 4. The predicted molar refractivity (Wildman–Crippen MR) is 74.1 cm³/mol. The summed E-state index contributed by atoms with van der Waals surface area (Å²) in [5.74, 6) is 2.48. The smallest absolute Gasteiger partial charge is 0.241 e. The van der Waals surface area contributed by atoms with Crippen LogP contribution in [0.3, 0.4) is 0 Å². The van der Waals surface area contributed by atoms with Gasteiger partial charge in [0.05, 0.1) is 12.2 Å². The summed E-state index contributed by atoms with van der Waals surface area (Å²) in [5, 5.41) is 3.45. The van der Waals surface area contributed by atoms with E-state index in [9.17, 15) is 4.79 Å². The predicted octanol–water partition coefficient (Wildman–Crippen LogP) is 2.62. The summed E-state index contributed by atoms with van der Waals surface area (Å²) in [4.78, 5) is 14.5. The van der Waals surface area contributed by atoms with E-state index in [4.69, 9.17) is 0 Å². The first-order chi connectivity index (χ1) is 8.47. The van der Waals surface area contributed by atoms with Crippen LogP contribution in [0.5, 0.6) is 0 Å². The molecule has 1 amide bonds. The van der Waals surface area contributed by atoms with Crippen LogP contribution in [-0.4, -0.2) is 29.6 Å². The highest BCUT2D eigenvalue weighted by Gasteiger charge is 2.38. The molecule has 0 aromatic rings. The SMILES string of the molecule is CC(C)CC1NC(C)N(CC2CCC(C)C2)C1=O. The quantitative estimate of drug-likeness (QED) is 0.834. The van der Waals surface area contributed by atoms with E-state index in [0.717, 1.165) is 24.8 Å². The highest BCUT2D eigenvalue weighted by molar-refractivity contribution is 5.84. The fourth-order valence-electron chi connectivity index (χ4n) is 3.50. The van der Waals surface area contributed by atoms with Gasteiger partial charge in [-0.25, -0.2) is 0 Å². The molecule has 2 rings (SSSR count).